The molecule has 4 nitrogen and oxygen atoms in total. The van der Waals surface area contributed by atoms with Gasteiger partial charge in [0.05, 0.1) is 0 Å². The lowest BCUT2D eigenvalue weighted by Crippen LogP contribution is -2.21. The Kier molecular flexibility index (Phi) is 4.18. The number of nitrogens with one attached hydrogen (secondary N) is 1. The zero-order chi connectivity index (χ0) is 13.7. The number of carbonyl (C=O) groups excluding carboxylic acids is 1. The molecule has 0 unspecified atom stereocenters. The predicted molar refractivity (Wildman–Crippen MR) is 67.4 cm³/mol. The van der Waals surface area contributed by atoms with Crippen LogP contribution in [-0.2, 0) is 6.61 Å². The van der Waals surface area contributed by atoms with Crippen LogP contribution in [0.25, 0.3) is 0 Å². The van der Waals surface area contributed by atoms with Gasteiger partial charge in [-0.15, -0.1) is 0 Å². The van der Waals surface area contributed by atoms with Crippen molar-refractivity contribution in [3.05, 3.63) is 53.7 Å². The van der Waals surface area contributed by atoms with E-state index >= 15 is 0 Å². The van der Waals surface area contributed by atoms with Gasteiger partial charge in [-0.3, -0.25) is 4.79 Å². The molecule has 0 aliphatic rings. The summed E-state index contributed by atoms with van der Waals surface area (Å²) in [5.74, 6) is 0.752. The smallest absolute Gasteiger partial charge is 0.286 e. The van der Waals surface area contributed by atoms with Crippen LogP contribution in [0.2, 0.25) is 0 Å². The maximum absolute atomic E-state index is 12.7. The molecule has 0 aliphatic heterocycles. The van der Waals surface area contributed by atoms with Crippen LogP contribution < -0.4 is 10.1 Å². The number of rotatable bonds is 5. The van der Waals surface area contributed by atoms with Crippen molar-refractivity contribution >= 4 is 5.91 Å². The Balaban J connectivity index is 1.93. The van der Waals surface area contributed by atoms with E-state index in [4.69, 9.17) is 9.15 Å². The molecule has 0 fully saturated rings. The Morgan fingerprint density at radius 2 is 2.00 bits per heavy atom. The van der Waals surface area contributed by atoms with E-state index in [2.05, 4.69) is 5.32 Å². The first kappa shape index (κ1) is 13.1. The number of furan rings is 1. The lowest BCUT2D eigenvalue weighted by atomic mass is 10.3. The van der Waals surface area contributed by atoms with Crippen molar-refractivity contribution in [1.29, 1.82) is 0 Å². The van der Waals surface area contributed by atoms with Crippen molar-refractivity contribution in [3.63, 3.8) is 0 Å². The highest BCUT2D eigenvalue weighted by atomic mass is 19.1. The van der Waals surface area contributed by atoms with Crippen molar-refractivity contribution in [3.8, 4) is 5.75 Å². The molecule has 2 rings (SSSR count). The first-order valence-electron chi connectivity index (χ1n) is 5.94. The fourth-order valence-corrected chi connectivity index (χ4v) is 1.51. The summed E-state index contributed by atoms with van der Waals surface area (Å²) in [5.41, 5.74) is 0. The Bertz CT molecular complexity index is 548. The number of hydrogen-bond acceptors (Lipinski definition) is 3. The third-order valence-corrected chi connectivity index (χ3v) is 2.42. The Morgan fingerprint density at radius 3 is 2.68 bits per heavy atom. The van der Waals surface area contributed by atoms with Crippen LogP contribution >= 0.6 is 0 Å². The molecule has 0 atom stereocenters. The summed E-state index contributed by atoms with van der Waals surface area (Å²) in [4.78, 5) is 11.5. The highest BCUT2D eigenvalue weighted by molar-refractivity contribution is 5.91. The molecule has 1 aromatic carbocycles. The summed E-state index contributed by atoms with van der Waals surface area (Å²) in [7, 11) is 0. The van der Waals surface area contributed by atoms with E-state index in [0.717, 1.165) is 0 Å². The maximum Gasteiger partial charge on any atom is 0.286 e. The second kappa shape index (κ2) is 6.04. The topological polar surface area (TPSA) is 51.5 Å². The standard InChI is InChI=1S/C14H14FNO3/c1-2-16-14(17)13-8-7-12(19-13)9-18-11-5-3-10(15)4-6-11/h3-8H,2,9H2,1H3,(H,16,17). The predicted octanol–water partition coefficient (Wildman–Crippen LogP) is 2.75. The van der Waals surface area contributed by atoms with Crippen molar-refractivity contribution in [2.75, 3.05) is 6.54 Å². The molecular weight excluding hydrogens is 249 g/mol. The molecule has 0 aliphatic carbocycles. The van der Waals surface area contributed by atoms with Crippen molar-refractivity contribution in [2.24, 2.45) is 0 Å². The molecule has 0 bridgehead atoms. The van der Waals surface area contributed by atoms with E-state index in [-0.39, 0.29) is 24.1 Å². The van der Waals surface area contributed by atoms with Gasteiger partial charge in [0.1, 0.15) is 23.9 Å². The lowest BCUT2D eigenvalue weighted by Gasteiger charge is -2.03. The summed E-state index contributed by atoms with van der Waals surface area (Å²) in [5, 5.41) is 2.64. The van der Waals surface area contributed by atoms with Crippen LogP contribution in [0.5, 0.6) is 5.75 Å². The third kappa shape index (κ3) is 3.58. The van der Waals surface area contributed by atoms with E-state index in [1.54, 1.807) is 12.1 Å². The van der Waals surface area contributed by atoms with E-state index in [0.29, 0.717) is 18.1 Å². The summed E-state index contributed by atoms with van der Waals surface area (Å²) in [6.45, 7) is 2.56. The molecule has 2 aromatic rings. The summed E-state index contributed by atoms with van der Waals surface area (Å²) in [6, 6.07) is 8.96. The molecule has 1 aromatic heterocycles. The number of ether oxygens (including phenoxy) is 1. The largest absolute Gasteiger partial charge is 0.486 e. The van der Waals surface area contributed by atoms with E-state index in [1.807, 2.05) is 6.92 Å². The number of hydrogen-bond donors (Lipinski definition) is 1. The third-order valence-electron chi connectivity index (χ3n) is 2.42. The highest BCUT2D eigenvalue weighted by Gasteiger charge is 2.10. The van der Waals surface area contributed by atoms with Crippen LogP contribution in [0.15, 0.2) is 40.8 Å². The number of halogens is 1. The first-order chi connectivity index (χ1) is 9.19. The summed E-state index contributed by atoms with van der Waals surface area (Å²) in [6.07, 6.45) is 0. The van der Waals surface area contributed by atoms with E-state index in [1.165, 1.54) is 24.3 Å². The Morgan fingerprint density at radius 1 is 1.26 bits per heavy atom. The van der Waals surface area contributed by atoms with Crippen LogP contribution in [0, 0.1) is 5.82 Å². The minimum atomic E-state index is -0.316. The van der Waals surface area contributed by atoms with Gasteiger partial charge in [0.15, 0.2) is 5.76 Å². The second-order valence-corrected chi connectivity index (χ2v) is 3.87. The van der Waals surface area contributed by atoms with Gasteiger partial charge in [-0.25, -0.2) is 4.39 Å². The molecule has 0 saturated carbocycles. The summed E-state index contributed by atoms with van der Waals surface area (Å²) >= 11 is 0. The normalized spacial score (nSPS) is 10.2. The fourth-order valence-electron chi connectivity index (χ4n) is 1.51. The van der Waals surface area contributed by atoms with Crippen LogP contribution in [-0.4, -0.2) is 12.5 Å². The van der Waals surface area contributed by atoms with Crippen LogP contribution in [0.3, 0.4) is 0 Å². The van der Waals surface area contributed by atoms with Gasteiger partial charge in [-0.05, 0) is 43.3 Å². The molecule has 0 saturated heterocycles. The van der Waals surface area contributed by atoms with Crippen molar-refractivity contribution < 1.29 is 18.3 Å². The van der Waals surface area contributed by atoms with Gasteiger partial charge in [-0.2, -0.15) is 0 Å². The molecule has 1 amide bonds. The average molecular weight is 263 g/mol. The quantitative estimate of drug-likeness (QED) is 0.902. The monoisotopic (exact) mass is 263 g/mol. The van der Waals surface area contributed by atoms with Crippen LogP contribution in [0.4, 0.5) is 4.39 Å². The molecule has 0 radical (unpaired) electrons. The van der Waals surface area contributed by atoms with Gasteiger partial charge in [-0.1, -0.05) is 0 Å². The van der Waals surface area contributed by atoms with E-state index in [9.17, 15) is 9.18 Å². The van der Waals surface area contributed by atoms with Gasteiger partial charge in [0, 0.05) is 6.54 Å². The minimum absolute atomic E-state index is 0.186. The van der Waals surface area contributed by atoms with Gasteiger partial charge < -0.3 is 14.5 Å². The summed E-state index contributed by atoms with van der Waals surface area (Å²) < 4.78 is 23.4. The van der Waals surface area contributed by atoms with Crippen LogP contribution in [0.1, 0.15) is 23.2 Å². The van der Waals surface area contributed by atoms with Crippen molar-refractivity contribution in [1.82, 2.24) is 5.32 Å². The number of benzene rings is 1. The molecule has 1 N–H and O–H groups in total. The van der Waals surface area contributed by atoms with Gasteiger partial charge in [0.25, 0.3) is 5.91 Å². The zero-order valence-corrected chi connectivity index (χ0v) is 10.5. The fraction of sp³-hybridized carbons (Fsp3) is 0.214. The molecular formula is C14H14FNO3. The highest BCUT2D eigenvalue weighted by Crippen LogP contribution is 2.15. The Labute approximate surface area is 110 Å². The van der Waals surface area contributed by atoms with E-state index < -0.39 is 0 Å². The second-order valence-electron chi connectivity index (χ2n) is 3.87. The first-order valence-corrected chi connectivity index (χ1v) is 5.94. The minimum Gasteiger partial charge on any atom is -0.486 e. The molecule has 5 heteroatoms. The molecule has 1 heterocycles. The Hall–Kier alpha value is -2.30. The molecule has 100 valence electrons. The SMILES string of the molecule is CCNC(=O)c1ccc(COc2ccc(F)cc2)o1. The molecule has 19 heavy (non-hydrogen) atoms. The average Bonchev–Trinajstić information content (AvgIpc) is 2.87. The van der Waals surface area contributed by atoms with Gasteiger partial charge >= 0.3 is 0 Å². The number of amides is 1. The van der Waals surface area contributed by atoms with Gasteiger partial charge in [0.2, 0.25) is 0 Å². The number of carbonyl (C=O) groups is 1. The van der Waals surface area contributed by atoms with Crippen molar-refractivity contribution in [2.45, 2.75) is 13.5 Å². The zero-order valence-electron chi connectivity index (χ0n) is 10.5. The molecule has 0 spiro atoms. The lowest BCUT2D eigenvalue weighted by molar-refractivity contribution is 0.0924. The maximum atomic E-state index is 12.7.